The molecule has 0 radical (unpaired) electrons. The van der Waals surface area contributed by atoms with E-state index in [1.807, 2.05) is 6.26 Å². The Bertz CT molecular complexity index is 588. The van der Waals surface area contributed by atoms with E-state index < -0.39 is 0 Å². The lowest BCUT2D eigenvalue weighted by Gasteiger charge is -2.03. The molecule has 1 aromatic carbocycles. The number of aromatic nitrogens is 2. The van der Waals surface area contributed by atoms with Crippen molar-refractivity contribution in [3.63, 3.8) is 0 Å². The maximum absolute atomic E-state index is 12.0. The van der Waals surface area contributed by atoms with Crippen molar-refractivity contribution in [3.05, 3.63) is 33.8 Å². The van der Waals surface area contributed by atoms with Crippen molar-refractivity contribution in [2.45, 2.75) is 4.34 Å². The summed E-state index contributed by atoms with van der Waals surface area (Å²) in [5, 5.41) is 11.6. The minimum atomic E-state index is -0.355. The molecule has 0 bridgehead atoms. The molecule has 0 aliphatic heterocycles. The zero-order valence-electron chi connectivity index (χ0n) is 9.11. The zero-order chi connectivity index (χ0) is 13.1. The van der Waals surface area contributed by atoms with Crippen molar-refractivity contribution >= 4 is 57.3 Å². The van der Waals surface area contributed by atoms with Crippen LogP contribution in [0.4, 0.5) is 5.13 Å². The van der Waals surface area contributed by atoms with Crippen LogP contribution in [0.25, 0.3) is 0 Å². The second-order valence-corrected chi connectivity index (χ2v) is 6.03. The number of nitrogens with one attached hydrogen (secondary N) is 1. The van der Waals surface area contributed by atoms with E-state index in [9.17, 15) is 4.79 Å². The first-order chi connectivity index (χ1) is 8.60. The van der Waals surface area contributed by atoms with Gasteiger partial charge in [-0.2, -0.15) is 0 Å². The van der Waals surface area contributed by atoms with E-state index in [0.717, 1.165) is 4.34 Å². The lowest BCUT2D eigenvalue weighted by atomic mass is 10.2. The van der Waals surface area contributed by atoms with Gasteiger partial charge >= 0.3 is 0 Å². The predicted octanol–water partition coefficient (Wildman–Crippen LogP) is 3.82. The number of amides is 1. The van der Waals surface area contributed by atoms with Gasteiger partial charge in [0.2, 0.25) is 5.13 Å². The number of thioether (sulfide) groups is 1. The monoisotopic (exact) mass is 319 g/mol. The number of carbonyl (C=O) groups is 1. The predicted molar refractivity (Wildman–Crippen MR) is 76.1 cm³/mol. The first kappa shape index (κ1) is 13.6. The Morgan fingerprint density at radius 2 is 2.17 bits per heavy atom. The van der Waals surface area contributed by atoms with E-state index in [1.54, 1.807) is 12.1 Å². The van der Waals surface area contributed by atoms with E-state index in [4.69, 9.17) is 23.2 Å². The van der Waals surface area contributed by atoms with Crippen LogP contribution in [0, 0.1) is 0 Å². The second-order valence-electron chi connectivity index (χ2n) is 3.16. The van der Waals surface area contributed by atoms with Crippen LogP contribution >= 0.6 is 46.3 Å². The van der Waals surface area contributed by atoms with Crippen LogP contribution in [0.15, 0.2) is 22.5 Å². The minimum absolute atomic E-state index is 0.310. The summed E-state index contributed by atoms with van der Waals surface area (Å²) in [6, 6.07) is 4.71. The smallest absolute Gasteiger partial charge is 0.259 e. The van der Waals surface area contributed by atoms with Gasteiger partial charge < -0.3 is 0 Å². The molecular weight excluding hydrogens is 313 g/mol. The molecule has 8 heteroatoms. The maximum Gasteiger partial charge on any atom is 0.259 e. The van der Waals surface area contributed by atoms with E-state index in [1.165, 1.54) is 29.2 Å². The molecule has 2 rings (SSSR count). The summed E-state index contributed by atoms with van der Waals surface area (Å²) in [5.41, 5.74) is 0.310. The molecule has 0 aliphatic rings. The van der Waals surface area contributed by atoms with E-state index in [-0.39, 0.29) is 5.91 Å². The molecule has 1 aromatic heterocycles. The third-order valence-corrected chi connectivity index (χ3v) is 4.35. The second kappa shape index (κ2) is 5.88. The van der Waals surface area contributed by atoms with Crippen LogP contribution in [0.1, 0.15) is 10.4 Å². The molecule has 4 nitrogen and oxygen atoms in total. The topological polar surface area (TPSA) is 54.9 Å². The summed E-state index contributed by atoms with van der Waals surface area (Å²) in [7, 11) is 0. The Morgan fingerprint density at radius 3 is 2.83 bits per heavy atom. The van der Waals surface area contributed by atoms with E-state index in [0.29, 0.717) is 20.7 Å². The fourth-order valence-corrected chi connectivity index (χ4v) is 2.72. The molecule has 2 aromatic rings. The number of hydrogen-bond donors (Lipinski definition) is 1. The number of benzene rings is 1. The molecule has 0 saturated heterocycles. The van der Waals surface area contributed by atoms with E-state index in [2.05, 4.69) is 15.5 Å². The molecule has 18 heavy (non-hydrogen) atoms. The highest BCUT2D eigenvalue weighted by atomic mass is 35.5. The molecule has 0 fully saturated rings. The van der Waals surface area contributed by atoms with Gasteiger partial charge in [-0.25, -0.2) is 0 Å². The number of nitrogens with zero attached hydrogens (tertiary/aromatic N) is 2. The van der Waals surface area contributed by atoms with Crippen LogP contribution in [0.3, 0.4) is 0 Å². The van der Waals surface area contributed by atoms with Gasteiger partial charge in [-0.3, -0.25) is 10.1 Å². The van der Waals surface area contributed by atoms with Crippen molar-refractivity contribution in [1.29, 1.82) is 0 Å². The molecule has 0 spiro atoms. The highest BCUT2D eigenvalue weighted by Crippen LogP contribution is 2.25. The lowest BCUT2D eigenvalue weighted by Crippen LogP contribution is -2.12. The fourth-order valence-electron chi connectivity index (χ4n) is 1.18. The van der Waals surface area contributed by atoms with Gasteiger partial charge in [0.1, 0.15) is 0 Å². The summed E-state index contributed by atoms with van der Waals surface area (Å²) in [4.78, 5) is 12.0. The van der Waals surface area contributed by atoms with Crippen LogP contribution in [-0.2, 0) is 0 Å². The summed E-state index contributed by atoms with van der Waals surface area (Å²) >= 11 is 14.5. The molecule has 0 unspecified atom stereocenters. The first-order valence-electron chi connectivity index (χ1n) is 4.74. The summed E-state index contributed by atoms with van der Waals surface area (Å²) in [6.45, 7) is 0. The van der Waals surface area contributed by atoms with Gasteiger partial charge in [-0.1, -0.05) is 46.3 Å². The quantitative estimate of drug-likeness (QED) is 0.690. The molecule has 1 N–H and O–H groups in total. The molecule has 94 valence electrons. The third kappa shape index (κ3) is 3.14. The Labute approximate surface area is 122 Å². The highest BCUT2D eigenvalue weighted by molar-refractivity contribution is 8.00. The summed E-state index contributed by atoms with van der Waals surface area (Å²) < 4.78 is 0.780. The van der Waals surface area contributed by atoms with Crippen molar-refractivity contribution in [1.82, 2.24) is 10.2 Å². The SMILES string of the molecule is CSc1nnc(NC(=O)c2cc(Cl)ccc2Cl)s1. The molecular formula is C10H7Cl2N3OS2. The van der Waals surface area contributed by atoms with Crippen molar-refractivity contribution in [3.8, 4) is 0 Å². The maximum atomic E-state index is 12.0. The summed E-state index contributed by atoms with van der Waals surface area (Å²) in [5.74, 6) is -0.355. The number of anilines is 1. The van der Waals surface area contributed by atoms with Gasteiger partial charge in [-0.15, -0.1) is 10.2 Å². The van der Waals surface area contributed by atoms with Gasteiger partial charge in [-0.05, 0) is 24.5 Å². The van der Waals surface area contributed by atoms with Crippen LogP contribution in [-0.4, -0.2) is 22.4 Å². The van der Waals surface area contributed by atoms with Gasteiger partial charge in [0.05, 0.1) is 10.6 Å². The number of carbonyl (C=O) groups excluding carboxylic acids is 1. The minimum Gasteiger partial charge on any atom is -0.296 e. The highest BCUT2D eigenvalue weighted by Gasteiger charge is 2.13. The van der Waals surface area contributed by atoms with Crippen LogP contribution in [0.2, 0.25) is 10.0 Å². The lowest BCUT2D eigenvalue weighted by molar-refractivity contribution is 0.102. The Balaban J connectivity index is 2.19. The Kier molecular flexibility index (Phi) is 4.45. The first-order valence-corrected chi connectivity index (χ1v) is 7.54. The van der Waals surface area contributed by atoms with E-state index >= 15 is 0 Å². The largest absolute Gasteiger partial charge is 0.296 e. The summed E-state index contributed by atoms with van der Waals surface area (Å²) in [6.07, 6.45) is 1.89. The molecule has 0 saturated carbocycles. The Hall–Kier alpha value is -0.820. The van der Waals surface area contributed by atoms with Gasteiger partial charge in [0, 0.05) is 5.02 Å². The van der Waals surface area contributed by atoms with Gasteiger partial charge in [0.15, 0.2) is 4.34 Å². The standard InChI is InChI=1S/C10H7Cl2N3OS2/c1-17-10-15-14-9(18-10)13-8(16)6-4-5(11)2-3-7(6)12/h2-4H,1H3,(H,13,14,16). The molecule has 0 atom stereocenters. The normalized spacial score (nSPS) is 10.4. The Morgan fingerprint density at radius 1 is 1.39 bits per heavy atom. The van der Waals surface area contributed by atoms with Crippen molar-refractivity contribution < 1.29 is 4.79 Å². The molecule has 0 aliphatic carbocycles. The van der Waals surface area contributed by atoms with Crippen LogP contribution < -0.4 is 5.32 Å². The number of hydrogen-bond acceptors (Lipinski definition) is 5. The number of halogens is 2. The zero-order valence-corrected chi connectivity index (χ0v) is 12.3. The average Bonchev–Trinajstić information content (AvgIpc) is 2.80. The van der Waals surface area contributed by atoms with Crippen molar-refractivity contribution in [2.24, 2.45) is 0 Å². The third-order valence-electron chi connectivity index (χ3n) is 1.97. The average molecular weight is 320 g/mol. The van der Waals surface area contributed by atoms with Gasteiger partial charge in [0.25, 0.3) is 5.91 Å². The molecule has 1 amide bonds. The number of rotatable bonds is 3. The van der Waals surface area contributed by atoms with Crippen LogP contribution in [0.5, 0.6) is 0 Å². The van der Waals surface area contributed by atoms with Crippen molar-refractivity contribution in [2.75, 3.05) is 11.6 Å². The fraction of sp³-hybridized carbons (Fsp3) is 0.100. The molecule has 1 heterocycles.